The average Bonchev–Trinajstić information content (AvgIpc) is 2.57. The number of hydrogen-bond donors (Lipinski definition) is 2. The summed E-state index contributed by atoms with van der Waals surface area (Å²) in [6.45, 7) is 10.9. The topological polar surface area (TPSA) is 43.7 Å². The molecule has 0 aromatic heterocycles. The predicted molar refractivity (Wildman–Crippen MR) is 105 cm³/mol. The van der Waals surface area contributed by atoms with Gasteiger partial charge in [-0.2, -0.15) is 0 Å². The lowest BCUT2D eigenvalue weighted by atomic mass is 9.87. The highest BCUT2D eigenvalue weighted by Gasteiger charge is 2.19. The Kier molecular flexibility index (Phi) is 6.49. The van der Waals surface area contributed by atoms with Gasteiger partial charge in [0.1, 0.15) is 5.75 Å². The van der Waals surface area contributed by atoms with E-state index >= 15 is 0 Å². The van der Waals surface area contributed by atoms with Crippen molar-refractivity contribution in [3.63, 3.8) is 0 Å². The molecule has 2 N–H and O–H groups in total. The molecule has 0 fully saturated rings. The molecule has 3 nitrogen and oxygen atoms in total. The summed E-state index contributed by atoms with van der Waals surface area (Å²) in [4.78, 5) is 2.40. The van der Waals surface area contributed by atoms with E-state index in [1.54, 1.807) is 12.1 Å². The first-order valence-corrected chi connectivity index (χ1v) is 9.19. The molecule has 0 spiro atoms. The van der Waals surface area contributed by atoms with E-state index in [0.717, 1.165) is 17.5 Å². The van der Waals surface area contributed by atoms with E-state index in [0.29, 0.717) is 17.8 Å². The van der Waals surface area contributed by atoms with E-state index in [1.807, 2.05) is 6.07 Å². The van der Waals surface area contributed by atoms with Gasteiger partial charge in [0, 0.05) is 29.3 Å². The molecule has 0 radical (unpaired) electrons. The quantitative estimate of drug-likeness (QED) is 0.740. The molecule has 0 amide bonds. The first-order valence-electron chi connectivity index (χ1n) is 9.19. The van der Waals surface area contributed by atoms with Crippen LogP contribution in [0.2, 0.25) is 0 Å². The van der Waals surface area contributed by atoms with Gasteiger partial charge >= 0.3 is 0 Å². The Hall–Kier alpha value is -2.00. The van der Waals surface area contributed by atoms with E-state index in [-0.39, 0.29) is 12.5 Å². The molecule has 2 rings (SSSR count). The Morgan fingerprint density at radius 3 is 2.20 bits per heavy atom. The van der Waals surface area contributed by atoms with Crippen LogP contribution in [-0.4, -0.2) is 22.3 Å². The minimum atomic E-state index is -0.0156. The zero-order chi connectivity index (χ0) is 18.6. The highest BCUT2D eigenvalue weighted by Crippen LogP contribution is 2.36. The lowest BCUT2D eigenvalue weighted by Crippen LogP contribution is -2.37. The van der Waals surface area contributed by atoms with Crippen molar-refractivity contribution in [1.82, 2.24) is 0 Å². The summed E-state index contributed by atoms with van der Waals surface area (Å²) >= 11 is 0. The van der Waals surface area contributed by atoms with Crippen molar-refractivity contribution in [2.24, 2.45) is 0 Å². The molecular formula is C22H31NO2. The lowest BCUT2D eigenvalue weighted by molar-refractivity contribution is 0.281. The van der Waals surface area contributed by atoms with Gasteiger partial charge in [-0.3, -0.25) is 0 Å². The molecule has 2 aromatic rings. The fraction of sp³-hybridized carbons (Fsp3) is 0.455. The van der Waals surface area contributed by atoms with Crippen molar-refractivity contribution in [2.45, 2.75) is 65.6 Å². The zero-order valence-corrected chi connectivity index (χ0v) is 16.0. The number of aliphatic hydroxyl groups excluding tert-OH is 1. The summed E-state index contributed by atoms with van der Waals surface area (Å²) in [5.41, 5.74) is 4.11. The Bertz CT molecular complexity index is 686. The summed E-state index contributed by atoms with van der Waals surface area (Å²) in [7, 11) is 0. The number of anilines is 1. The minimum Gasteiger partial charge on any atom is -0.508 e. The van der Waals surface area contributed by atoms with Crippen molar-refractivity contribution in [2.75, 3.05) is 4.90 Å². The van der Waals surface area contributed by atoms with Crippen LogP contribution >= 0.6 is 0 Å². The maximum absolute atomic E-state index is 10.4. The summed E-state index contributed by atoms with van der Waals surface area (Å²) in [6.07, 6.45) is 0.884. The molecule has 2 aromatic carbocycles. The van der Waals surface area contributed by atoms with Crippen LogP contribution in [0.4, 0.5) is 5.69 Å². The molecule has 0 aliphatic carbocycles. The highest BCUT2D eigenvalue weighted by molar-refractivity contribution is 5.53. The van der Waals surface area contributed by atoms with Crippen molar-refractivity contribution >= 4 is 5.69 Å². The van der Waals surface area contributed by atoms with Crippen LogP contribution in [0.3, 0.4) is 0 Å². The Morgan fingerprint density at radius 2 is 1.64 bits per heavy atom. The fourth-order valence-corrected chi connectivity index (χ4v) is 3.71. The van der Waals surface area contributed by atoms with Crippen LogP contribution in [0, 0.1) is 0 Å². The van der Waals surface area contributed by atoms with E-state index in [4.69, 9.17) is 0 Å². The van der Waals surface area contributed by atoms with Crippen LogP contribution in [-0.2, 0) is 6.61 Å². The summed E-state index contributed by atoms with van der Waals surface area (Å²) in [6, 6.07) is 14.8. The van der Waals surface area contributed by atoms with Crippen LogP contribution in [0.25, 0.3) is 0 Å². The maximum atomic E-state index is 10.4. The summed E-state index contributed by atoms with van der Waals surface area (Å²) < 4.78 is 0. The smallest absolute Gasteiger partial charge is 0.119 e. The Balaban J connectivity index is 2.47. The van der Waals surface area contributed by atoms with Gasteiger partial charge in [-0.1, -0.05) is 25.1 Å². The van der Waals surface area contributed by atoms with Gasteiger partial charge in [0.2, 0.25) is 0 Å². The molecule has 25 heavy (non-hydrogen) atoms. The third-order valence-corrected chi connectivity index (χ3v) is 4.74. The molecular weight excluding hydrogens is 310 g/mol. The first-order chi connectivity index (χ1) is 11.9. The number of hydrogen-bond acceptors (Lipinski definition) is 3. The van der Waals surface area contributed by atoms with Gasteiger partial charge in [0.15, 0.2) is 0 Å². The SMILES string of the molecule is CCC(c1cccc(N(C(C)C)C(C)C)c1)c1cc(CO)ccc1O. The van der Waals surface area contributed by atoms with Crippen LogP contribution in [0.15, 0.2) is 42.5 Å². The van der Waals surface area contributed by atoms with Crippen LogP contribution in [0.1, 0.15) is 63.6 Å². The second-order valence-electron chi connectivity index (χ2n) is 7.20. The molecule has 0 bridgehead atoms. The van der Waals surface area contributed by atoms with Gasteiger partial charge < -0.3 is 15.1 Å². The number of rotatable bonds is 7. The third kappa shape index (κ3) is 4.35. The van der Waals surface area contributed by atoms with Gasteiger partial charge in [0.25, 0.3) is 0 Å². The van der Waals surface area contributed by atoms with Gasteiger partial charge in [0.05, 0.1) is 6.61 Å². The second kappa shape index (κ2) is 8.39. The number of nitrogens with zero attached hydrogens (tertiary/aromatic N) is 1. The minimum absolute atomic E-state index is 0.0156. The van der Waals surface area contributed by atoms with E-state index in [9.17, 15) is 10.2 Å². The number of aromatic hydroxyl groups is 1. The molecule has 136 valence electrons. The Morgan fingerprint density at radius 1 is 0.960 bits per heavy atom. The van der Waals surface area contributed by atoms with Gasteiger partial charge in [-0.15, -0.1) is 0 Å². The highest BCUT2D eigenvalue weighted by atomic mass is 16.3. The van der Waals surface area contributed by atoms with Gasteiger partial charge in [-0.05, 0) is 69.5 Å². The molecule has 1 atom stereocenters. The Labute approximate surface area is 151 Å². The number of aliphatic hydroxyl groups is 1. The normalized spacial score (nSPS) is 12.6. The molecule has 0 saturated heterocycles. The maximum Gasteiger partial charge on any atom is 0.119 e. The van der Waals surface area contributed by atoms with Crippen LogP contribution < -0.4 is 4.90 Å². The predicted octanol–water partition coefficient (Wildman–Crippen LogP) is 5.05. The molecule has 0 saturated carbocycles. The van der Waals surface area contributed by atoms with Crippen molar-refractivity contribution in [3.8, 4) is 5.75 Å². The number of phenols is 1. The molecule has 0 aliphatic heterocycles. The van der Waals surface area contributed by atoms with Crippen LogP contribution in [0.5, 0.6) is 5.75 Å². The zero-order valence-electron chi connectivity index (χ0n) is 16.0. The summed E-state index contributed by atoms with van der Waals surface area (Å²) in [5.74, 6) is 0.395. The van der Waals surface area contributed by atoms with Crippen molar-refractivity contribution in [1.29, 1.82) is 0 Å². The van der Waals surface area contributed by atoms with Crippen molar-refractivity contribution < 1.29 is 10.2 Å². The number of benzene rings is 2. The molecule has 0 heterocycles. The summed E-state index contributed by atoms with van der Waals surface area (Å²) in [5, 5.41) is 19.8. The second-order valence-corrected chi connectivity index (χ2v) is 7.20. The molecule has 1 unspecified atom stereocenters. The average molecular weight is 341 g/mol. The molecule has 3 heteroatoms. The van der Waals surface area contributed by atoms with E-state index in [1.165, 1.54) is 11.3 Å². The van der Waals surface area contributed by atoms with Crippen molar-refractivity contribution in [3.05, 3.63) is 59.2 Å². The first kappa shape index (κ1) is 19.3. The van der Waals surface area contributed by atoms with E-state index < -0.39 is 0 Å². The standard InChI is InChI=1S/C22H31NO2/c1-6-20(21-12-17(14-24)10-11-22(21)25)18-8-7-9-19(13-18)23(15(2)3)16(4)5/h7-13,15-16,20,24-25H,6,14H2,1-5H3. The fourth-order valence-electron chi connectivity index (χ4n) is 3.71. The van der Waals surface area contributed by atoms with E-state index in [2.05, 4.69) is 63.8 Å². The number of phenolic OH excluding ortho intramolecular Hbond substituents is 1. The largest absolute Gasteiger partial charge is 0.508 e. The third-order valence-electron chi connectivity index (χ3n) is 4.74. The lowest BCUT2D eigenvalue weighted by Gasteiger charge is -2.34. The monoisotopic (exact) mass is 341 g/mol. The van der Waals surface area contributed by atoms with Gasteiger partial charge in [-0.25, -0.2) is 0 Å². The molecule has 0 aliphatic rings.